The van der Waals surface area contributed by atoms with E-state index in [4.69, 9.17) is 32.7 Å². The number of carbonyl (C=O) groups is 2. The summed E-state index contributed by atoms with van der Waals surface area (Å²) in [6.07, 6.45) is 1.23. The molecule has 1 aliphatic rings. The van der Waals surface area contributed by atoms with Gasteiger partial charge in [0.05, 0.1) is 13.0 Å². The quantitative estimate of drug-likeness (QED) is 0.787. The fourth-order valence-corrected chi connectivity index (χ4v) is 2.89. The standard InChI is InChI=1S/C15H17Cl2NO4/c1-21-15(20)10-2-4-18(5-3-10)14(19)9-22-13-7-11(16)6-12(17)8-13/h6-8,10H,2-5,9H2,1H3. The third kappa shape index (κ3) is 4.52. The molecule has 1 saturated heterocycles. The molecule has 1 aliphatic heterocycles. The molecule has 1 heterocycles. The van der Waals surface area contributed by atoms with Gasteiger partial charge in [-0.2, -0.15) is 0 Å². The number of benzene rings is 1. The number of nitrogens with zero attached hydrogens (tertiary/aromatic N) is 1. The number of halogens is 2. The molecule has 0 aliphatic carbocycles. The number of carbonyl (C=O) groups excluding carboxylic acids is 2. The van der Waals surface area contributed by atoms with Crippen LogP contribution in [0.25, 0.3) is 0 Å². The Balaban J connectivity index is 1.82. The fraction of sp³-hybridized carbons (Fsp3) is 0.467. The average molecular weight is 346 g/mol. The molecule has 1 aromatic rings. The van der Waals surface area contributed by atoms with Gasteiger partial charge in [0.25, 0.3) is 5.91 Å². The van der Waals surface area contributed by atoms with Gasteiger partial charge in [0, 0.05) is 23.1 Å². The molecule has 5 nitrogen and oxygen atoms in total. The summed E-state index contributed by atoms with van der Waals surface area (Å²) in [4.78, 5) is 25.2. The molecule has 22 heavy (non-hydrogen) atoms. The van der Waals surface area contributed by atoms with Crippen molar-refractivity contribution in [2.45, 2.75) is 12.8 Å². The first-order valence-corrected chi connectivity index (χ1v) is 7.69. The van der Waals surface area contributed by atoms with Crippen molar-refractivity contribution in [2.75, 3.05) is 26.8 Å². The van der Waals surface area contributed by atoms with Crippen LogP contribution in [0, 0.1) is 5.92 Å². The van der Waals surface area contributed by atoms with Crippen LogP contribution in [0.1, 0.15) is 12.8 Å². The second-order valence-corrected chi connectivity index (χ2v) is 5.94. The van der Waals surface area contributed by atoms with Gasteiger partial charge in [-0.15, -0.1) is 0 Å². The minimum atomic E-state index is -0.211. The average Bonchev–Trinajstić information content (AvgIpc) is 2.51. The van der Waals surface area contributed by atoms with Crippen LogP contribution in [-0.4, -0.2) is 43.6 Å². The molecule has 2 rings (SSSR count). The van der Waals surface area contributed by atoms with Crippen LogP contribution in [0.2, 0.25) is 10.0 Å². The van der Waals surface area contributed by atoms with Gasteiger partial charge < -0.3 is 14.4 Å². The van der Waals surface area contributed by atoms with Crippen molar-refractivity contribution in [3.63, 3.8) is 0 Å². The highest BCUT2D eigenvalue weighted by molar-refractivity contribution is 6.34. The lowest BCUT2D eigenvalue weighted by Crippen LogP contribution is -2.42. The maximum Gasteiger partial charge on any atom is 0.308 e. The second-order valence-electron chi connectivity index (χ2n) is 5.07. The number of hydrogen-bond acceptors (Lipinski definition) is 4. The summed E-state index contributed by atoms with van der Waals surface area (Å²) < 4.78 is 10.1. The van der Waals surface area contributed by atoms with E-state index in [1.807, 2.05) is 0 Å². The summed E-state index contributed by atoms with van der Waals surface area (Å²) in [6.45, 7) is 0.968. The Kier molecular flexibility index (Phi) is 5.91. The molecule has 1 aromatic carbocycles. The first-order valence-electron chi connectivity index (χ1n) is 6.94. The minimum Gasteiger partial charge on any atom is -0.484 e. The molecule has 0 radical (unpaired) electrons. The summed E-state index contributed by atoms with van der Waals surface area (Å²) in [5.74, 6) is -0.00617. The molecule has 7 heteroatoms. The molecule has 1 fully saturated rings. The van der Waals surface area contributed by atoms with Gasteiger partial charge in [0.1, 0.15) is 5.75 Å². The zero-order valence-electron chi connectivity index (χ0n) is 12.2. The summed E-state index contributed by atoms with van der Waals surface area (Å²) in [7, 11) is 1.38. The minimum absolute atomic E-state index is 0.0838. The Bertz CT molecular complexity index is 536. The predicted molar refractivity (Wildman–Crippen MR) is 83.3 cm³/mol. The number of likely N-dealkylation sites (tertiary alicyclic amines) is 1. The maximum absolute atomic E-state index is 12.1. The monoisotopic (exact) mass is 345 g/mol. The van der Waals surface area contributed by atoms with E-state index in [2.05, 4.69) is 0 Å². The van der Waals surface area contributed by atoms with Crippen LogP contribution >= 0.6 is 23.2 Å². The summed E-state index contributed by atoms with van der Waals surface area (Å²) in [5.41, 5.74) is 0. The molecule has 0 spiro atoms. The van der Waals surface area contributed by atoms with E-state index in [0.29, 0.717) is 41.7 Å². The Morgan fingerprint density at radius 2 is 1.77 bits per heavy atom. The molecule has 120 valence electrons. The van der Waals surface area contributed by atoms with Gasteiger partial charge in [0.15, 0.2) is 6.61 Å². The largest absolute Gasteiger partial charge is 0.484 e. The van der Waals surface area contributed by atoms with Gasteiger partial charge in [-0.25, -0.2) is 0 Å². The van der Waals surface area contributed by atoms with Crippen LogP contribution < -0.4 is 4.74 Å². The van der Waals surface area contributed by atoms with Gasteiger partial charge in [-0.05, 0) is 31.0 Å². The van der Waals surface area contributed by atoms with E-state index in [1.165, 1.54) is 7.11 Å². The first-order chi connectivity index (χ1) is 10.5. The molecule has 0 saturated carbocycles. The maximum atomic E-state index is 12.1. The number of amides is 1. The fourth-order valence-electron chi connectivity index (χ4n) is 2.38. The Morgan fingerprint density at radius 1 is 1.18 bits per heavy atom. The zero-order chi connectivity index (χ0) is 16.1. The number of piperidine rings is 1. The lowest BCUT2D eigenvalue weighted by atomic mass is 9.97. The van der Waals surface area contributed by atoms with E-state index in [-0.39, 0.29) is 24.4 Å². The molecular weight excluding hydrogens is 329 g/mol. The molecule has 0 atom stereocenters. The van der Waals surface area contributed by atoms with Crippen molar-refractivity contribution < 1.29 is 19.1 Å². The highest BCUT2D eigenvalue weighted by Gasteiger charge is 2.27. The van der Waals surface area contributed by atoms with Crippen molar-refractivity contribution in [3.8, 4) is 5.75 Å². The number of methoxy groups -OCH3 is 1. The van der Waals surface area contributed by atoms with Crippen molar-refractivity contribution >= 4 is 35.1 Å². The normalized spacial score (nSPS) is 15.5. The SMILES string of the molecule is COC(=O)C1CCN(C(=O)COc2cc(Cl)cc(Cl)c2)CC1. The smallest absolute Gasteiger partial charge is 0.308 e. The van der Waals surface area contributed by atoms with Crippen LogP contribution in [0.5, 0.6) is 5.75 Å². The van der Waals surface area contributed by atoms with Crippen LogP contribution in [0.15, 0.2) is 18.2 Å². The Hall–Kier alpha value is -1.46. The molecule has 1 amide bonds. The van der Waals surface area contributed by atoms with Crippen molar-refractivity contribution in [2.24, 2.45) is 5.92 Å². The summed E-state index contributed by atoms with van der Waals surface area (Å²) in [6, 6.07) is 4.80. The van der Waals surface area contributed by atoms with Crippen molar-refractivity contribution in [1.82, 2.24) is 4.90 Å². The van der Waals surface area contributed by atoms with Gasteiger partial charge in [0.2, 0.25) is 0 Å². The molecular formula is C15H17Cl2NO4. The molecule has 0 unspecified atom stereocenters. The van der Waals surface area contributed by atoms with E-state index < -0.39 is 0 Å². The van der Waals surface area contributed by atoms with Gasteiger partial charge in [-0.1, -0.05) is 23.2 Å². The highest BCUT2D eigenvalue weighted by Crippen LogP contribution is 2.24. The number of esters is 1. The predicted octanol–water partition coefficient (Wildman–Crippen LogP) is 2.78. The third-order valence-electron chi connectivity index (χ3n) is 3.58. The first kappa shape index (κ1) is 16.9. The van der Waals surface area contributed by atoms with E-state index >= 15 is 0 Å². The highest BCUT2D eigenvalue weighted by atomic mass is 35.5. The zero-order valence-corrected chi connectivity index (χ0v) is 13.7. The van der Waals surface area contributed by atoms with Crippen LogP contribution in [0.3, 0.4) is 0 Å². The third-order valence-corrected chi connectivity index (χ3v) is 4.02. The van der Waals surface area contributed by atoms with E-state index in [9.17, 15) is 9.59 Å². The van der Waals surface area contributed by atoms with Crippen LogP contribution in [-0.2, 0) is 14.3 Å². The summed E-state index contributed by atoms with van der Waals surface area (Å²) >= 11 is 11.7. The molecule has 0 aromatic heterocycles. The van der Waals surface area contributed by atoms with Crippen molar-refractivity contribution in [1.29, 1.82) is 0 Å². The lowest BCUT2D eigenvalue weighted by molar-refractivity contribution is -0.149. The topological polar surface area (TPSA) is 55.8 Å². The van der Waals surface area contributed by atoms with Crippen molar-refractivity contribution in [3.05, 3.63) is 28.2 Å². The Morgan fingerprint density at radius 3 is 2.32 bits per heavy atom. The van der Waals surface area contributed by atoms with Gasteiger partial charge in [-0.3, -0.25) is 9.59 Å². The van der Waals surface area contributed by atoms with E-state index in [0.717, 1.165) is 0 Å². The van der Waals surface area contributed by atoms with E-state index in [1.54, 1.807) is 23.1 Å². The number of ether oxygens (including phenoxy) is 2. The van der Waals surface area contributed by atoms with Crippen LogP contribution in [0.4, 0.5) is 0 Å². The summed E-state index contributed by atoms with van der Waals surface area (Å²) in [5, 5.41) is 0.905. The lowest BCUT2D eigenvalue weighted by Gasteiger charge is -2.30. The second kappa shape index (κ2) is 7.70. The number of rotatable bonds is 4. The number of hydrogen-bond donors (Lipinski definition) is 0. The molecule has 0 N–H and O–H groups in total. The Labute approximate surface area is 139 Å². The van der Waals surface area contributed by atoms with Gasteiger partial charge >= 0.3 is 5.97 Å². The molecule has 0 bridgehead atoms.